The molecule has 114 valence electrons. The van der Waals surface area contributed by atoms with Crippen molar-refractivity contribution in [2.24, 2.45) is 5.73 Å². The Morgan fingerprint density at radius 3 is 2.38 bits per heavy atom. The highest BCUT2D eigenvalue weighted by Gasteiger charge is 2.08. The molecule has 0 bridgehead atoms. The Labute approximate surface area is 121 Å². The molecule has 21 heavy (non-hydrogen) atoms. The number of nitrogens with one attached hydrogen (secondary N) is 1. The number of methoxy groups -OCH3 is 1. The Kier molecular flexibility index (Phi) is 5.74. The highest BCUT2D eigenvalue weighted by atomic mass is 16.5. The number of hydrogen-bond acceptors (Lipinski definition) is 4. The zero-order valence-corrected chi connectivity index (χ0v) is 11.8. The van der Waals surface area contributed by atoms with Crippen LogP contribution in [0.1, 0.15) is 11.3 Å². The topological polar surface area (TPSA) is 126 Å². The van der Waals surface area contributed by atoms with Gasteiger partial charge in [0.15, 0.2) is 0 Å². The molecule has 0 saturated carbocycles. The number of carboxylic acid groups (broad SMARTS) is 2. The Morgan fingerprint density at radius 1 is 1.29 bits per heavy atom. The third-order valence-electron chi connectivity index (χ3n) is 2.90. The summed E-state index contributed by atoms with van der Waals surface area (Å²) in [6.07, 6.45) is 0.902. The summed E-state index contributed by atoms with van der Waals surface area (Å²) in [5.74, 6) is -2.76. The second kappa shape index (κ2) is 7.30. The third kappa shape index (κ3) is 4.22. The maximum Gasteiger partial charge on any atom is 0.414 e. The first kappa shape index (κ1) is 16.5. The van der Waals surface area contributed by atoms with Gasteiger partial charge in [-0.25, -0.2) is 9.59 Å². The Morgan fingerprint density at radius 2 is 1.90 bits per heavy atom. The van der Waals surface area contributed by atoms with Gasteiger partial charge < -0.3 is 25.7 Å². The molecule has 0 aliphatic carbocycles. The van der Waals surface area contributed by atoms with Crippen molar-refractivity contribution in [2.45, 2.75) is 13.3 Å². The zero-order chi connectivity index (χ0) is 16.0. The lowest BCUT2D eigenvalue weighted by atomic mass is 10.1. The van der Waals surface area contributed by atoms with Gasteiger partial charge in [-0.15, -0.1) is 0 Å². The maximum atomic E-state index is 9.10. The van der Waals surface area contributed by atoms with E-state index in [0.29, 0.717) is 6.54 Å². The van der Waals surface area contributed by atoms with Gasteiger partial charge in [-0.1, -0.05) is 0 Å². The monoisotopic (exact) mass is 294 g/mol. The van der Waals surface area contributed by atoms with Gasteiger partial charge in [0.05, 0.1) is 7.11 Å². The normalized spacial score (nSPS) is 9.86. The first-order valence-electron chi connectivity index (χ1n) is 6.22. The van der Waals surface area contributed by atoms with Crippen LogP contribution in [-0.4, -0.2) is 40.8 Å². The number of nitrogens with two attached hydrogens (primary N) is 1. The summed E-state index contributed by atoms with van der Waals surface area (Å²) < 4.78 is 5.22. The van der Waals surface area contributed by atoms with Gasteiger partial charge in [-0.05, 0) is 43.7 Å². The SMILES string of the molecule is COc1ccc2[nH]c(C)c(CCN)c2c1.O=C(O)C(=O)O. The second-order valence-corrected chi connectivity index (χ2v) is 4.29. The number of aliphatic carboxylic acids is 2. The number of hydrogen-bond donors (Lipinski definition) is 4. The van der Waals surface area contributed by atoms with E-state index < -0.39 is 11.9 Å². The Hall–Kier alpha value is -2.54. The summed E-state index contributed by atoms with van der Waals surface area (Å²) in [4.78, 5) is 21.6. The van der Waals surface area contributed by atoms with Crippen molar-refractivity contribution in [3.8, 4) is 5.75 Å². The van der Waals surface area contributed by atoms with E-state index in [1.165, 1.54) is 16.6 Å². The van der Waals surface area contributed by atoms with Gasteiger partial charge >= 0.3 is 11.9 Å². The molecule has 1 heterocycles. The van der Waals surface area contributed by atoms with E-state index in [0.717, 1.165) is 17.7 Å². The van der Waals surface area contributed by atoms with Gasteiger partial charge in [0.25, 0.3) is 0 Å². The average Bonchev–Trinajstić information content (AvgIpc) is 2.75. The van der Waals surface area contributed by atoms with Crippen LogP contribution in [-0.2, 0) is 16.0 Å². The van der Waals surface area contributed by atoms with E-state index in [1.807, 2.05) is 12.1 Å². The third-order valence-corrected chi connectivity index (χ3v) is 2.90. The number of aromatic amines is 1. The number of H-pyrrole nitrogens is 1. The molecule has 0 amide bonds. The smallest absolute Gasteiger partial charge is 0.414 e. The first-order chi connectivity index (χ1) is 9.90. The molecular formula is C14H18N2O5. The zero-order valence-electron chi connectivity index (χ0n) is 11.8. The molecule has 2 aromatic rings. The lowest BCUT2D eigenvalue weighted by Gasteiger charge is -2.01. The van der Waals surface area contributed by atoms with E-state index in [2.05, 4.69) is 18.0 Å². The molecule has 1 aromatic carbocycles. The minimum Gasteiger partial charge on any atom is -0.497 e. The fourth-order valence-corrected chi connectivity index (χ4v) is 1.95. The standard InChI is InChI=1S/C12H16N2O.C2H2O4/c1-8-10(5-6-13)11-7-9(15-2)3-4-12(11)14-8;3-1(4)2(5)6/h3-4,7,14H,5-6,13H2,1-2H3;(H,3,4)(H,5,6). The number of ether oxygens (including phenoxy) is 1. The molecule has 0 radical (unpaired) electrons. The molecule has 2 rings (SSSR count). The summed E-state index contributed by atoms with van der Waals surface area (Å²) in [7, 11) is 1.68. The lowest BCUT2D eigenvalue weighted by Crippen LogP contribution is -2.09. The number of fused-ring (bicyclic) bond motifs is 1. The molecule has 5 N–H and O–H groups in total. The van der Waals surface area contributed by atoms with E-state index >= 15 is 0 Å². The van der Waals surface area contributed by atoms with Crippen LogP contribution >= 0.6 is 0 Å². The molecule has 1 aromatic heterocycles. The van der Waals surface area contributed by atoms with E-state index in [-0.39, 0.29) is 0 Å². The second-order valence-electron chi connectivity index (χ2n) is 4.29. The highest BCUT2D eigenvalue weighted by Crippen LogP contribution is 2.26. The van der Waals surface area contributed by atoms with Crippen molar-refractivity contribution >= 4 is 22.8 Å². The van der Waals surface area contributed by atoms with Gasteiger partial charge in [-0.2, -0.15) is 0 Å². The molecule has 0 aliphatic heterocycles. The van der Waals surface area contributed by atoms with E-state index in [1.54, 1.807) is 7.11 Å². The first-order valence-corrected chi connectivity index (χ1v) is 6.22. The van der Waals surface area contributed by atoms with Crippen LogP contribution in [0.4, 0.5) is 0 Å². The molecule has 0 atom stereocenters. The van der Waals surface area contributed by atoms with Gasteiger partial charge in [0.2, 0.25) is 0 Å². The molecule has 0 aliphatic rings. The lowest BCUT2D eigenvalue weighted by molar-refractivity contribution is -0.159. The van der Waals surface area contributed by atoms with Gasteiger partial charge in [-0.3, -0.25) is 0 Å². The molecule has 0 saturated heterocycles. The summed E-state index contributed by atoms with van der Waals surface area (Å²) in [6.45, 7) is 2.75. The summed E-state index contributed by atoms with van der Waals surface area (Å²) in [6, 6.07) is 6.06. The van der Waals surface area contributed by atoms with Crippen molar-refractivity contribution in [3.63, 3.8) is 0 Å². The fourth-order valence-electron chi connectivity index (χ4n) is 1.95. The summed E-state index contributed by atoms with van der Waals surface area (Å²) in [5.41, 5.74) is 9.25. The van der Waals surface area contributed by atoms with Crippen molar-refractivity contribution in [3.05, 3.63) is 29.5 Å². The fraction of sp³-hybridized carbons (Fsp3) is 0.286. The average molecular weight is 294 g/mol. The van der Waals surface area contributed by atoms with Crippen LogP contribution < -0.4 is 10.5 Å². The predicted molar refractivity (Wildman–Crippen MR) is 77.6 cm³/mol. The van der Waals surface area contributed by atoms with Crippen molar-refractivity contribution in [1.82, 2.24) is 4.98 Å². The predicted octanol–water partition coefficient (Wildman–Crippen LogP) is 1.14. The van der Waals surface area contributed by atoms with Crippen LogP contribution in [0.3, 0.4) is 0 Å². The number of benzene rings is 1. The van der Waals surface area contributed by atoms with Crippen molar-refractivity contribution in [1.29, 1.82) is 0 Å². The number of carboxylic acids is 2. The largest absolute Gasteiger partial charge is 0.497 e. The molecule has 0 unspecified atom stereocenters. The molecule has 0 spiro atoms. The van der Waals surface area contributed by atoms with E-state index in [9.17, 15) is 0 Å². The summed E-state index contributed by atoms with van der Waals surface area (Å²) in [5, 5.41) is 16.0. The summed E-state index contributed by atoms with van der Waals surface area (Å²) >= 11 is 0. The Balaban J connectivity index is 0.000000315. The Bertz CT molecular complexity index is 636. The van der Waals surface area contributed by atoms with Crippen molar-refractivity contribution in [2.75, 3.05) is 13.7 Å². The van der Waals surface area contributed by atoms with E-state index in [4.69, 9.17) is 30.3 Å². The van der Waals surface area contributed by atoms with Crippen LogP contribution in [0.25, 0.3) is 10.9 Å². The van der Waals surface area contributed by atoms with Crippen LogP contribution in [0.2, 0.25) is 0 Å². The molecule has 7 nitrogen and oxygen atoms in total. The molecule has 7 heteroatoms. The highest BCUT2D eigenvalue weighted by molar-refractivity contribution is 6.27. The minimum atomic E-state index is -1.82. The van der Waals surface area contributed by atoms with Crippen LogP contribution in [0.5, 0.6) is 5.75 Å². The van der Waals surface area contributed by atoms with Gasteiger partial charge in [0.1, 0.15) is 5.75 Å². The number of aromatic nitrogens is 1. The maximum absolute atomic E-state index is 9.10. The van der Waals surface area contributed by atoms with Crippen LogP contribution in [0.15, 0.2) is 18.2 Å². The number of rotatable bonds is 3. The quantitative estimate of drug-likeness (QED) is 0.629. The molecule has 0 fully saturated rings. The number of carbonyl (C=O) groups is 2. The molecular weight excluding hydrogens is 276 g/mol. The van der Waals surface area contributed by atoms with Crippen LogP contribution in [0, 0.1) is 6.92 Å². The number of aryl methyl sites for hydroxylation is 1. The van der Waals surface area contributed by atoms with Gasteiger partial charge in [0, 0.05) is 16.6 Å². The minimum absolute atomic E-state index is 0.672. The van der Waals surface area contributed by atoms with Crippen molar-refractivity contribution < 1.29 is 24.5 Å².